The summed E-state index contributed by atoms with van der Waals surface area (Å²) in [4.78, 5) is 4.03. The van der Waals surface area contributed by atoms with Crippen LogP contribution in [0.4, 0.5) is 19.1 Å². The molecule has 3 aromatic rings. The van der Waals surface area contributed by atoms with E-state index in [1.165, 1.54) is 10.6 Å². The van der Waals surface area contributed by atoms with Crippen molar-refractivity contribution >= 4 is 11.6 Å². The van der Waals surface area contributed by atoms with Crippen LogP contribution in [0.25, 0.3) is 16.8 Å². The number of fused-ring (bicyclic) bond motifs is 1. The lowest BCUT2D eigenvalue weighted by Gasteiger charge is -2.09. The summed E-state index contributed by atoms with van der Waals surface area (Å²) < 4.78 is 39.7. The molecule has 0 aliphatic carbocycles. The lowest BCUT2D eigenvalue weighted by atomic mass is 10.0. The second kappa shape index (κ2) is 4.22. The van der Waals surface area contributed by atoms with Crippen LogP contribution in [0, 0.1) is 0 Å². The van der Waals surface area contributed by atoms with Crippen LogP contribution in [-0.2, 0) is 6.18 Å². The molecule has 0 saturated heterocycles. The van der Waals surface area contributed by atoms with Gasteiger partial charge in [-0.1, -0.05) is 12.1 Å². The van der Waals surface area contributed by atoms with E-state index >= 15 is 0 Å². The van der Waals surface area contributed by atoms with Crippen molar-refractivity contribution in [2.45, 2.75) is 6.18 Å². The molecular weight excluding hydrogens is 269 g/mol. The monoisotopic (exact) mass is 278 g/mol. The van der Waals surface area contributed by atoms with Gasteiger partial charge >= 0.3 is 6.18 Å². The first-order valence-electron chi connectivity index (χ1n) is 5.73. The van der Waals surface area contributed by atoms with Crippen LogP contribution in [0.15, 0.2) is 42.6 Å². The van der Waals surface area contributed by atoms with Crippen molar-refractivity contribution in [1.29, 1.82) is 0 Å². The molecular formula is C13H9F3N4. The summed E-state index contributed by atoms with van der Waals surface area (Å²) in [5.74, 6) is 0.0735. The van der Waals surface area contributed by atoms with E-state index in [9.17, 15) is 13.2 Å². The molecule has 0 saturated carbocycles. The van der Waals surface area contributed by atoms with Crippen LogP contribution < -0.4 is 5.73 Å². The van der Waals surface area contributed by atoms with Gasteiger partial charge in [0.25, 0.3) is 0 Å². The molecule has 4 nitrogen and oxygen atoms in total. The zero-order chi connectivity index (χ0) is 14.3. The predicted octanol–water partition coefficient (Wildman–Crippen LogP) is 3.00. The van der Waals surface area contributed by atoms with Crippen molar-refractivity contribution in [3.8, 4) is 11.1 Å². The third-order valence-corrected chi connectivity index (χ3v) is 2.88. The van der Waals surface area contributed by atoms with Gasteiger partial charge in [0.1, 0.15) is 0 Å². The zero-order valence-corrected chi connectivity index (χ0v) is 10.1. The smallest absolute Gasteiger partial charge is 0.366 e. The summed E-state index contributed by atoms with van der Waals surface area (Å²) in [5.41, 5.74) is 6.19. The summed E-state index contributed by atoms with van der Waals surface area (Å²) in [6.07, 6.45) is -2.75. The van der Waals surface area contributed by atoms with E-state index in [4.69, 9.17) is 5.73 Å². The minimum absolute atomic E-state index is 0.0735. The molecule has 0 atom stereocenters. The molecule has 2 heterocycles. The van der Waals surface area contributed by atoms with Gasteiger partial charge in [-0.3, -0.25) is 0 Å². The van der Waals surface area contributed by atoms with Gasteiger partial charge in [-0.15, -0.1) is 5.10 Å². The van der Waals surface area contributed by atoms with Gasteiger partial charge in [-0.05, 0) is 29.8 Å². The number of hydrogen-bond donors (Lipinski definition) is 1. The molecule has 0 unspecified atom stereocenters. The van der Waals surface area contributed by atoms with Gasteiger partial charge in [0.05, 0.1) is 5.56 Å². The highest BCUT2D eigenvalue weighted by molar-refractivity contribution is 5.78. The quantitative estimate of drug-likeness (QED) is 0.744. The molecule has 0 fully saturated rings. The minimum Gasteiger partial charge on any atom is -0.366 e. The predicted molar refractivity (Wildman–Crippen MR) is 67.8 cm³/mol. The van der Waals surface area contributed by atoms with Gasteiger partial charge in [0.2, 0.25) is 5.95 Å². The Kier molecular flexibility index (Phi) is 2.63. The third-order valence-electron chi connectivity index (χ3n) is 2.88. The zero-order valence-electron chi connectivity index (χ0n) is 10.1. The van der Waals surface area contributed by atoms with Gasteiger partial charge < -0.3 is 5.73 Å². The maximum Gasteiger partial charge on any atom is 0.416 e. The van der Waals surface area contributed by atoms with Gasteiger partial charge in [-0.2, -0.15) is 18.2 Å². The van der Waals surface area contributed by atoms with E-state index in [1.54, 1.807) is 24.4 Å². The lowest BCUT2D eigenvalue weighted by Crippen LogP contribution is -2.04. The Morgan fingerprint density at radius 3 is 2.65 bits per heavy atom. The number of benzene rings is 1. The first kappa shape index (κ1) is 12.5. The summed E-state index contributed by atoms with van der Waals surface area (Å²) in [6, 6.07) is 8.43. The first-order valence-corrected chi connectivity index (χ1v) is 5.73. The Balaban J connectivity index is 2.21. The number of aromatic nitrogens is 3. The molecule has 0 radical (unpaired) electrons. The number of nitrogens with two attached hydrogens (primary N) is 1. The van der Waals surface area contributed by atoms with Crippen LogP contribution in [0.2, 0.25) is 0 Å². The van der Waals surface area contributed by atoms with Crippen molar-refractivity contribution in [3.05, 3.63) is 48.2 Å². The van der Waals surface area contributed by atoms with E-state index in [-0.39, 0.29) is 5.95 Å². The maximum atomic E-state index is 12.7. The molecule has 2 N–H and O–H groups in total. The molecule has 7 heteroatoms. The van der Waals surface area contributed by atoms with Crippen LogP contribution in [0.3, 0.4) is 0 Å². The summed E-state index contributed by atoms with van der Waals surface area (Å²) >= 11 is 0. The first-order chi connectivity index (χ1) is 9.45. The van der Waals surface area contributed by atoms with Crippen LogP contribution in [0.5, 0.6) is 0 Å². The van der Waals surface area contributed by atoms with Gasteiger partial charge in [0.15, 0.2) is 5.65 Å². The lowest BCUT2D eigenvalue weighted by molar-refractivity contribution is -0.137. The Morgan fingerprint density at radius 2 is 1.90 bits per heavy atom. The van der Waals surface area contributed by atoms with Gasteiger partial charge in [-0.25, -0.2) is 4.52 Å². The van der Waals surface area contributed by atoms with E-state index in [0.29, 0.717) is 16.8 Å². The van der Waals surface area contributed by atoms with E-state index < -0.39 is 11.7 Å². The maximum absolute atomic E-state index is 12.7. The Hall–Kier alpha value is -2.57. The fraction of sp³-hybridized carbons (Fsp3) is 0.0769. The SMILES string of the molecule is Nc1nc2c(-c3cccc(C(F)(F)F)c3)cccn2n1. The number of nitrogens with zero attached hydrogens (tertiary/aromatic N) is 3. The van der Waals surface area contributed by atoms with Crippen molar-refractivity contribution in [3.63, 3.8) is 0 Å². The summed E-state index contributed by atoms with van der Waals surface area (Å²) in [7, 11) is 0. The molecule has 0 amide bonds. The highest BCUT2D eigenvalue weighted by Gasteiger charge is 2.30. The normalized spacial score (nSPS) is 11.9. The van der Waals surface area contributed by atoms with Gasteiger partial charge in [0, 0.05) is 11.8 Å². The minimum atomic E-state index is -4.38. The van der Waals surface area contributed by atoms with Crippen molar-refractivity contribution < 1.29 is 13.2 Å². The average molecular weight is 278 g/mol. The number of pyridine rings is 1. The van der Waals surface area contributed by atoms with E-state index in [0.717, 1.165) is 12.1 Å². The number of rotatable bonds is 1. The molecule has 0 spiro atoms. The highest BCUT2D eigenvalue weighted by atomic mass is 19.4. The Bertz CT molecular complexity index is 777. The number of nitrogen functional groups attached to an aromatic ring is 1. The number of alkyl halides is 3. The van der Waals surface area contributed by atoms with Crippen LogP contribution >= 0.6 is 0 Å². The topological polar surface area (TPSA) is 56.2 Å². The Labute approximate surface area is 111 Å². The second-order valence-electron chi connectivity index (χ2n) is 4.24. The molecule has 0 aliphatic rings. The third kappa shape index (κ3) is 2.07. The second-order valence-corrected chi connectivity index (χ2v) is 4.24. The largest absolute Gasteiger partial charge is 0.416 e. The molecule has 1 aromatic carbocycles. The number of halogens is 3. The van der Waals surface area contributed by atoms with Crippen molar-refractivity contribution in [1.82, 2.24) is 14.6 Å². The average Bonchev–Trinajstić information content (AvgIpc) is 2.77. The van der Waals surface area contributed by atoms with Crippen molar-refractivity contribution in [2.24, 2.45) is 0 Å². The van der Waals surface area contributed by atoms with Crippen LogP contribution in [-0.4, -0.2) is 14.6 Å². The molecule has 0 aliphatic heterocycles. The Morgan fingerprint density at radius 1 is 1.10 bits per heavy atom. The van der Waals surface area contributed by atoms with Crippen molar-refractivity contribution in [2.75, 3.05) is 5.73 Å². The summed E-state index contributed by atoms with van der Waals surface area (Å²) in [5, 5.41) is 3.93. The van der Waals surface area contributed by atoms with Crippen LogP contribution in [0.1, 0.15) is 5.56 Å². The summed E-state index contributed by atoms with van der Waals surface area (Å²) in [6.45, 7) is 0. The molecule has 20 heavy (non-hydrogen) atoms. The van der Waals surface area contributed by atoms with E-state index in [2.05, 4.69) is 10.1 Å². The van der Waals surface area contributed by atoms with E-state index in [1.807, 2.05) is 0 Å². The number of hydrogen-bond acceptors (Lipinski definition) is 3. The molecule has 102 valence electrons. The number of anilines is 1. The fourth-order valence-electron chi connectivity index (χ4n) is 2.01. The molecule has 3 rings (SSSR count). The highest BCUT2D eigenvalue weighted by Crippen LogP contribution is 2.33. The standard InChI is InChI=1S/C13H9F3N4/c14-13(15,16)9-4-1-3-8(7-9)10-5-2-6-20-11(10)18-12(17)19-20/h1-7H,(H2,17,19). The fourth-order valence-corrected chi connectivity index (χ4v) is 2.01. The molecule has 0 bridgehead atoms. The molecule has 2 aromatic heterocycles.